The summed E-state index contributed by atoms with van der Waals surface area (Å²) in [5, 5.41) is 22.6. The lowest BCUT2D eigenvalue weighted by Gasteiger charge is -2.11. The zero-order valence-electron chi connectivity index (χ0n) is 17.8. The van der Waals surface area contributed by atoms with Crippen molar-refractivity contribution in [3.05, 3.63) is 47.3 Å². The molecule has 0 saturated heterocycles. The van der Waals surface area contributed by atoms with Crippen molar-refractivity contribution in [3.8, 4) is 5.75 Å². The first-order valence-corrected chi connectivity index (χ1v) is 10.1. The number of carbonyl (C=O) groups is 1. The third-order valence-corrected chi connectivity index (χ3v) is 4.55. The number of carbonyl (C=O) groups excluding carboxylic acids is 1. The SMILES string of the molecule is CCNC(=NCc1cc(C(CC)CC)no1)NCCNC(=O)c1ccc(O)cc1.I. The van der Waals surface area contributed by atoms with Gasteiger partial charge in [0.1, 0.15) is 12.3 Å². The van der Waals surface area contributed by atoms with E-state index in [1.165, 1.54) is 12.1 Å². The highest BCUT2D eigenvalue weighted by Gasteiger charge is 2.12. The van der Waals surface area contributed by atoms with Gasteiger partial charge in [0, 0.05) is 37.2 Å². The van der Waals surface area contributed by atoms with Crippen LogP contribution in [-0.2, 0) is 6.54 Å². The van der Waals surface area contributed by atoms with Crippen LogP contribution in [0.3, 0.4) is 0 Å². The Hall–Kier alpha value is -2.30. The normalized spacial score (nSPS) is 11.1. The first-order valence-electron chi connectivity index (χ1n) is 10.1. The third kappa shape index (κ3) is 8.21. The molecule has 0 saturated carbocycles. The van der Waals surface area contributed by atoms with Gasteiger partial charge in [-0.1, -0.05) is 19.0 Å². The highest BCUT2D eigenvalue weighted by atomic mass is 127. The number of benzene rings is 1. The smallest absolute Gasteiger partial charge is 0.251 e. The van der Waals surface area contributed by atoms with Crippen molar-refractivity contribution in [2.45, 2.75) is 46.1 Å². The summed E-state index contributed by atoms with van der Waals surface area (Å²) in [5.74, 6) is 1.73. The van der Waals surface area contributed by atoms with Gasteiger partial charge in [0.2, 0.25) is 0 Å². The molecule has 166 valence electrons. The fourth-order valence-corrected chi connectivity index (χ4v) is 2.87. The number of aromatic hydroxyl groups is 1. The maximum Gasteiger partial charge on any atom is 0.251 e. The second-order valence-electron chi connectivity index (χ2n) is 6.66. The number of phenolic OH excluding ortho intramolecular Hbond substituents is 1. The van der Waals surface area contributed by atoms with E-state index >= 15 is 0 Å². The highest BCUT2D eigenvalue weighted by molar-refractivity contribution is 14.0. The van der Waals surface area contributed by atoms with Gasteiger partial charge in [0.05, 0.1) is 5.69 Å². The summed E-state index contributed by atoms with van der Waals surface area (Å²) < 4.78 is 5.40. The lowest BCUT2D eigenvalue weighted by molar-refractivity contribution is 0.0954. The van der Waals surface area contributed by atoms with Gasteiger partial charge in [-0.2, -0.15) is 0 Å². The fourth-order valence-electron chi connectivity index (χ4n) is 2.87. The molecule has 0 spiro atoms. The number of aliphatic imine (C=N–C) groups is 1. The van der Waals surface area contributed by atoms with E-state index in [0.29, 0.717) is 37.1 Å². The number of rotatable bonds is 10. The standard InChI is InChI=1S/C21H31N5O3.HI/c1-4-15(5-2)19-13-18(29-26-19)14-25-21(22-6-3)24-12-11-23-20(28)16-7-9-17(27)10-8-16;/h7-10,13,15,27H,4-6,11-12,14H2,1-3H3,(H,23,28)(H2,22,24,25);1H. The van der Waals surface area contributed by atoms with E-state index in [1.807, 2.05) is 13.0 Å². The number of nitrogens with one attached hydrogen (secondary N) is 3. The van der Waals surface area contributed by atoms with Crippen LogP contribution in [0.25, 0.3) is 0 Å². The van der Waals surface area contributed by atoms with E-state index in [0.717, 1.165) is 30.8 Å². The molecule has 0 aliphatic carbocycles. The summed E-state index contributed by atoms with van der Waals surface area (Å²) in [4.78, 5) is 16.6. The van der Waals surface area contributed by atoms with Crippen molar-refractivity contribution in [1.82, 2.24) is 21.1 Å². The maximum atomic E-state index is 12.1. The second-order valence-corrected chi connectivity index (χ2v) is 6.66. The first kappa shape index (κ1) is 25.7. The number of phenols is 1. The monoisotopic (exact) mass is 529 g/mol. The quantitative estimate of drug-likeness (QED) is 0.163. The molecule has 2 rings (SSSR count). The number of amides is 1. The zero-order valence-corrected chi connectivity index (χ0v) is 20.1. The van der Waals surface area contributed by atoms with Crippen LogP contribution in [0.1, 0.15) is 61.3 Å². The summed E-state index contributed by atoms with van der Waals surface area (Å²) in [6, 6.07) is 8.11. The van der Waals surface area contributed by atoms with Crippen LogP contribution in [0.2, 0.25) is 0 Å². The molecule has 30 heavy (non-hydrogen) atoms. The molecule has 0 aliphatic rings. The molecule has 1 aromatic heterocycles. The molecule has 2 aromatic rings. The van der Waals surface area contributed by atoms with Crippen molar-refractivity contribution in [1.29, 1.82) is 0 Å². The first-order chi connectivity index (χ1) is 14.1. The zero-order chi connectivity index (χ0) is 21.1. The Balaban J connectivity index is 0.00000450. The fraction of sp³-hybridized carbons (Fsp3) is 0.476. The van der Waals surface area contributed by atoms with Gasteiger partial charge in [-0.3, -0.25) is 4.79 Å². The number of hydrogen-bond donors (Lipinski definition) is 4. The average Bonchev–Trinajstić information content (AvgIpc) is 3.19. The van der Waals surface area contributed by atoms with E-state index < -0.39 is 0 Å². The Bertz CT molecular complexity index is 788. The van der Waals surface area contributed by atoms with Crippen molar-refractivity contribution in [2.75, 3.05) is 19.6 Å². The van der Waals surface area contributed by atoms with Crippen LogP contribution < -0.4 is 16.0 Å². The van der Waals surface area contributed by atoms with Crippen molar-refractivity contribution in [2.24, 2.45) is 4.99 Å². The second kappa shape index (κ2) is 13.8. The molecule has 4 N–H and O–H groups in total. The Morgan fingerprint density at radius 3 is 2.40 bits per heavy atom. The van der Waals surface area contributed by atoms with Crippen LogP contribution in [0.4, 0.5) is 0 Å². The average molecular weight is 529 g/mol. The van der Waals surface area contributed by atoms with Gasteiger partial charge in [-0.05, 0) is 44.0 Å². The van der Waals surface area contributed by atoms with Gasteiger partial charge >= 0.3 is 0 Å². The van der Waals surface area contributed by atoms with Gasteiger partial charge in [-0.15, -0.1) is 24.0 Å². The molecule has 0 unspecified atom stereocenters. The molecule has 0 fully saturated rings. The predicted octanol–water partition coefficient (Wildman–Crippen LogP) is 3.39. The Morgan fingerprint density at radius 1 is 1.10 bits per heavy atom. The number of nitrogens with zero attached hydrogens (tertiary/aromatic N) is 2. The Morgan fingerprint density at radius 2 is 1.77 bits per heavy atom. The topological polar surface area (TPSA) is 112 Å². The van der Waals surface area contributed by atoms with Crippen LogP contribution in [0, 0.1) is 0 Å². The summed E-state index contributed by atoms with van der Waals surface area (Å²) in [5.41, 5.74) is 1.48. The molecule has 0 atom stereocenters. The van der Waals surface area contributed by atoms with Crippen LogP contribution >= 0.6 is 24.0 Å². The highest BCUT2D eigenvalue weighted by Crippen LogP contribution is 2.22. The van der Waals surface area contributed by atoms with Crippen molar-refractivity contribution in [3.63, 3.8) is 0 Å². The van der Waals surface area contributed by atoms with Crippen molar-refractivity contribution >= 4 is 35.8 Å². The van der Waals surface area contributed by atoms with E-state index in [4.69, 9.17) is 4.52 Å². The van der Waals surface area contributed by atoms with Crippen LogP contribution in [0.15, 0.2) is 39.8 Å². The van der Waals surface area contributed by atoms with Gasteiger partial charge in [0.15, 0.2) is 11.7 Å². The predicted molar refractivity (Wildman–Crippen MR) is 128 cm³/mol. The summed E-state index contributed by atoms with van der Waals surface area (Å²) in [7, 11) is 0. The summed E-state index contributed by atoms with van der Waals surface area (Å²) in [6.07, 6.45) is 2.07. The van der Waals surface area contributed by atoms with Crippen molar-refractivity contribution < 1.29 is 14.4 Å². The molecule has 0 radical (unpaired) electrons. The van der Waals surface area contributed by atoms with Gasteiger partial charge < -0.3 is 25.6 Å². The number of halogens is 1. The molecular weight excluding hydrogens is 497 g/mol. The molecule has 8 nitrogen and oxygen atoms in total. The van der Waals surface area contributed by atoms with E-state index in [-0.39, 0.29) is 35.6 Å². The van der Waals surface area contributed by atoms with E-state index in [2.05, 4.69) is 39.9 Å². The number of guanidine groups is 1. The minimum absolute atomic E-state index is 0. The largest absolute Gasteiger partial charge is 0.508 e. The molecule has 0 bridgehead atoms. The number of hydrogen-bond acceptors (Lipinski definition) is 5. The molecule has 1 heterocycles. The lowest BCUT2D eigenvalue weighted by Crippen LogP contribution is -2.41. The minimum atomic E-state index is -0.190. The summed E-state index contributed by atoms with van der Waals surface area (Å²) >= 11 is 0. The lowest BCUT2D eigenvalue weighted by atomic mass is 9.99. The summed E-state index contributed by atoms with van der Waals surface area (Å²) in [6.45, 7) is 8.35. The van der Waals surface area contributed by atoms with Crippen LogP contribution in [-0.4, -0.2) is 41.8 Å². The minimum Gasteiger partial charge on any atom is -0.508 e. The molecule has 9 heteroatoms. The molecular formula is C21H32IN5O3. The van der Waals surface area contributed by atoms with Gasteiger partial charge in [-0.25, -0.2) is 4.99 Å². The molecule has 0 aliphatic heterocycles. The Kier molecular flexibility index (Phi) is 11.9. The van der Waals surface area contributed by atoms with Crippen LogP contribution in [0.5, 0.6) is 5.75 Å². The van der Waals surface area contributed by atoms with E-state index in [9.17, 15) is 9.90 Å². The maximum absolute atomic E-state index is 12.1. The molecule has 1 aromatic carbocycles. The molecule has 1 amide bonds. The Labute approximate surface area is 194 Å². The third-order valence-electron chi connectivity index (χ3n) is 4.55. The van der Waals surface area contributed by atoms with E-state index in [1.54, 1.807) is 12.1 Å². The number of aromatic nitrogens is 1. The van der Waals surface area contributed by atoms with Gasteiger partial charge in [0.25, 0.3) is 5.91 Å².